The minimum absolute atomic E-state index is 0.0968. The van der Waals surface area contributed by atoms with E-state index in [0.29, 0.717) is 13.0 Å². The number of carbonyl (C=O) groups excluding carboxylic acids is 2. The van der Waals surface area contributed by atoms with Crippen LogP contribution in [0.25, 0.3) is 0 Å². The summed E-state index contributed by atoms with van der Waals surface area (Å²) >= 11 is 0. The molecule has 1 saturated heterocycles. The van der Waals surface area contributed by atoms with Gasteiger partial charge in [-0.15, -0.1) is 0 Å². The molecule has 130 valence electrons. The normalized spacial score (nSPS) is 20.3. The minimum Gasteiger partial charge on any atom is -0.481 e. The Morgan fingerprint density at radius 2 is 1.88 bits per heavy atom. The van der Waals surface area contributed by atoms with Crippen LogP contribution in [0, 0.1) is 11.8 Å². The monoisotopic (exact) mass is 335 g/mol. The van der Waals surface area contributed by atoms with Crippen LogP contribution in [0.1, 0.15) is 18.9 Å². The van der Waals surface area contributed by atoms with Crippen LogP contribution < -0.4 is 0 Å². The number of amides is 1. The second-order valence-electron chi connectivity index (χ2n) is 5.88. The average Bonchev–Trinajstić information content (AvgIpc) is 2.58. The fraction of sp³-hybridized carbons (Fsp3) is 0.471. The van der Waals surface area contributed by atoms with E-state index in [1.807, 2.05) is 30.3 Å². The molecule has 7 heteroatoms. The van der Waals surface area contributed by atoms with Gasteiger partial charge in [0.2, 0.25) is 0 Å². The number of carbonyl (C=O) groups is 3. The zero-order valence-electron chi connectivity index (χ0n) is 13.5. The molecule has 0 aliphatic carbocycles. The number of piperidine rings is 1. The molecule has 0 radical (unpaired) electrons. The van der Waals surface area contributed by atoms with Crippen molar-refractivity contribution < 1.29 is 29.0 Å². The number of likely N-dealkylation sites (tertiary alicyclic amines) is 1. The van der Waals surface area contributed by atoms with E-state index >= 15 is 0 Å². The number of nitrogens with zero attached hydrogens (tertiary/aromatic N) is 1. The predicted molar refractivity (Wildman–Crippen MR) is 84.1 cm³/mol. The average molecular weight is 335 g/mol. The summed E-state index contributed by atoms with van der Waals surface area (Å²) in [6, 6.07) is 9.24. The van der Waals surface area contributed by atoms with Crippen LogP contribution in [-0.4, -0.2) is 47.7 Å². The summed E-state index contributed by atoms with van der Waals surface area (Å²) < 4.78 is 10.2. The number of carboxylic acid groups (broad SMARTS) is 1. The van der Waals surface area contributed by atoms with Crippen molar-refractivity contribution >= 4 is 18.0 Å². The van der Waals surface area contributed by atoms with E-state index < -0.39 is 23.9 Å². The van der Waals surface area contributed by atoms with Gasteiger partial charge in [-0.1, -0.05) is 30.3 Å². The molecular weight excluding hydrogens is 314 g/mol. The molecule has 1 aliphatic rings. The molecule has 2 rings (SSSR count). The first kappa shape index (κ1) is 17.8. The third kappa shape index (κ3) is 5.26. The summed E-state index contributed by atoms with van der Waals surface area (Å²) in [4.78, 5) is 35.8. The molecule has 24 heavy (non-hydrogen) atoms. The maximum absolute atomic E-state index is 12.2. The Morgan fingerprint density at radius 3 is 2.50 bits per heavy atom. The van der Waals surface area contributed by atoms with Crippen molar-refractivity contribution in [2.24, 2.45) is 11.8 Å². The van der Waals surface area contributed by atoms with Gasteiger partial charge in [0.25, 0.3) is 0 Å². The summed E-state index contributed by atoms with van der Waals surface area (Å²) in [7, 11) is 0. The van der Waals surface area contributed by atoms with Gasteiger partial charge in [0, 0.05) is 25.9 Å². The molecule has 1 aromatic carbocycles. The van der Waals surface area contributed by atoms with Gasteiger partial charge in [-0.05, 0) is 12.0 Å². The van der Waals surface area contributed by atoms with Crippen LogP contribution in [0.4, 0.5) is 4.79 Å². The first-order valence-corrected chi connectivity index (χ1v) is 7.77. The van der Waals surface area contributed by atoms with Crippen molar-refractivity contribution in [2.45, 2.75) is 20.0 Å². The van der Waals surface area contributed by atoms with Gasteiger partial charge >= 0.3 is 18.0 Å². The van der Waals surface area contributed by atoms with Gasteiger partial charge in [-0.3, -0.25) is 9.59 Å². The van der Waals surface area contributed by atoms with E-state index in [9.17, 15) is 19.5 Å². The van der Waals surface area contributed by atoms with Crippen molar-refractivity contribution in [3.05, 3.63) is 35.9 Å². The molecule has 0 saturated carbocycles. The van der Waals surface area contributed by atoms with E-state index in [1.54, 1.807) is 0 Å². The molecule has 1 N–H and O–H groups in total. The highest BCUT2D eigenvalue weighted by molar-refractivity contribution is 5.73. The van der Waals surface area contributed by atoms with Crippen LogP contribution in [0.15, 0.2) is 30.3 Å². The van der Waals surface area contributed by atoms with Gasteiger partial charge in [-0.2, -0.15) is 0 Å². The molecule has 1 aliphatic heterocycles. The molecule has 0 aromatic heterocycles. The van der Waals surface area contributed by atoms with Gasteiger partial charge in [0.1, 0.15) is 6.61 Å². The number of ether oxygens (including phenoxy) is 2. The Kier molecular flexibility index (Phi) is 6.17. The molecule has 1 fully saturated rings. The van der Waals surface area contributed by atoms with Crippen molar-refractivity contribution in [3.8, 4) is 0 Å². The van der Waals surface area contributed by atoms with Gasteiger partial charge in [-0.25, -0.2) is 4.79 Å². The summed E-state index contributed by atoms with van der Waals surface area (Å²) in [5.74, 6) is -2.30. The van der Waals surface area contributed by atoms with Gasteiger partial charge < -0.3 is 19.5 Å². The fourth-order valence-electron chi connectivity index (χ4n) is 2.70. The topological polar surface area (TPSA) is 93.1 Å². The largest absolute Gasteiger partial charge is 0.481 e. The Hall–Kier alpha value is -2.57. The SMILES string of the molecule is CC(=O)OC[C@H]1C[C@@H](C(=O)O)CN(C(=O)OCc2ccccc2)C1. The second kappa shape index (κ2) is 8.33. The summed E-state index contributed by atoms with van der Waals surface area (Å²) in [6.45, 7) is 1.93. The first-order valence-electron chi connectivity index (χ1n) is 7.77. The maximum Gasteiger partial charge on any atom is 0.410 e. The summed E-state index contributed by atoms with van der Waals surface area (Å²) in [6.07, 6.45) is -0.192. The Morgan fingerprint density at radius 1 is 1.17 bits per heavy atom. The molecule has 1 aromatic rings. The zero-order chi connectivity index (χ0) is 17.5. The van der Waals surface area contributed by atoms with Crippen molar-refractivity contribution in [3.63, 3.8) is 0 Å². The number of hydrogen-bond donors (Lipinski definition) is 1. The smallest absolute Gasteiger partial charge is 0.410 e. The standard InChI is InChI=1S/C17H21NO6/c1-12(19)23-11-14-7-15(16(20)21)9-18(8-14)17(22)24-10-13-5-3-2-4-6-13/h2-6,14-15H,7-11H2,1H3,(H,20,21)/t14-,15+/m0/s1. The van der Waals surface area contributed by atoms with Crippen LogP contribution in [0.3, 0.4) is 0 Å². The number of hydrogen-bond acceptors (Lipinski definition) is 5. The van der Waals surface area contributed by atoms with E-state index in [4.69, 9.17) is 9.47 Å². The summed E-state index contributed by atoms with van der Waals surface area (Å²) in [5, 5.41) is 9.25. The third-order valence-corrected chi connectivity index (χ3v) is 3.87. The lowest BCUT2D eigenvalue weighted by Crippen LogP contribution is -2.47. The quantitative estimate of drug-likeness (QED) is 0.826. The highest BCUT2D eigenvalue weighted by Gasteiger charge is 2.35. The molecule has 0 unspecified atom stereocenters. The van der Waals surface area contributed by atoms with Crippen LogP contribution in [-0.2, 0) is 25.7 Å². The number of esters is 1. The van der Waals surface area contributed by atoms with Gasteiger partial charge in [0.05, 0.1) is 12.5 Å². The molecule has 7 nitrogen and oxygen atoms in total. The fourth-order valence-corrected chi connectivity index (χ4v) is 2.70. The molecule has 0 spiro atoms. The Bertz CT molecular complexity index is 588. The Balaban J connectivity index is 1.94. The Labute approximate surface area is 140 Å². The lowest BCUT2D eigenvalue weighted by molar-refractivity contribution is -0.146. The van der Waals surface area contributed by atoms with E-state index in [2.05, 4.69) is 0 Å². The maximum atomic E-state index is 12.2. The first-order chi connectivity index (χ1) is 11.5. The molecule has 0 bridgehead atoms. The molecule has 1 heterocycles. The van der Waals surface area contributed by atoms with Crippen LogP contribution in [0.5, 0.6) is 0 Å². The lowest BCUT2D eigenvalue weighted by atomic mass is 9.90. The van der Waals surface area contributed by atoms with E-state index in [-0.39, 0.29) is 25.7 Å². The number of aliphatic carboxylic acids is 1. The molecule has 2 atom stereocenters. The summed E-state index contributed by atoms with van der Waals surface area (Å²) in [5.41, 5.74) is 0.856. The third-order valence-electron chi connectivity index (χ3n) is 3.87. The second-order valence-corrected chi connectivity index (χ2v) is 5.88. The molecular formula is C17H21NO6. The van der Waals surface area contributed by atoms with Crippen molar-refractivity contribution in [1.82, 2.24) is 4.90 Å². The number of rotatable bonds is 5. The minimum atomic E-state index is -0.969. The van der Waals surface area contributed by atoms with Gasteiger partial charge in [0.15, 0.2) is 0 Å². The van der Waals surface area contributed by atoms with Crippen molar-refractivity contribution in [1.29, 1.82) is 0 Å². The highest BCUT2D eigenvalue weighted by Crippen LogP contribution is 2.23. The zero-order valence-corrected chi connectivity index (χ0v) is 13.5. The predicted octanol–water partition coefficient (Wildman–Crippen LogP) is 1.91. The number of carboxylic acids is 1. The highest BCUT2D eigenvalue weighted by atomic mass is 16.6. The van der Waals surface area contributed by atoms with Crippen LogP contribution >= 0.6 is 0 Å². The van der Waals surface area contributed by atoms with Crippen LogP contribution in [0.2, 0.25) is 0 Å². The van der Waals surface area contributed by atoms with E-state index in [0.717, 1.165) is 5.56 Å². The lowest BCUT2D eigenvalue weighted by Gasteiger charge is -2.35. The number of benzene rings is 1. The van der Waals surface area contributed by atoms with Crippen molar-refractivity contribution in [2.75, 3.05) is 19.7 Å². The molecule has 1 amide bonds. The van der Waals surface area contributed by atoms with E-state index in [1.165, 1.54) is 11.8 Å².